The summed E-state index contributed by atoms with van der Waals surface area (Å²) < 4.78 is 0. The van der Waals surface area contributed by atoms with Gasteiger partial charge in [0.05, 0.1) is 23.5 Å². The SMILES string of the molecule is C1=CCC2C(=C1)C1(CCCCC1)c1cc3c(cc12)C1(CCCCC1)C1C=CC=C(C2=CC(C4=CC=C(C5=C(c6ccccc6)NC(c6ccccc6)C(c6ccccc6)N5)CC4)=CCC2)C31. The fourth-order valence-corrected chi connectivity index (χ4v) is 15.0. The van der Waals surface area contributed by atoms with Crippen molar-refractivity contribution in [2.45, 2.75) is 131 Å². The molecule has 9 aliphatic rings. The predicted molar refractivity (Wildman–Crippen MR) is 273 cm³/mol. The monoisotopic (exact) mass is 861 g/mol. The first kappa shape index (κ1) is 40.4. The fraction of sp³-hybridized carbons (Fsp3) is 0.344. The zero-order valence-corrected chi connectivity index (χ0v) is 38.6. The maximum absolute atomic E-state index is 4.16. The van der Waals surface area contributed by atoms with E-state index in [9.17, 15) is 0 Å². The molecular weight excluding hydrogens is 797 g/mol. The average molecular weight is 861 g/mol. The Bertz CT molecular complexity index is 2840. The topological polar surface area (TPSA) is 24.1 Å². The highest BCUT2D eigenvalue weighted by molar-refractivity contribution is 5.73. The van der Waals surface area contributed by atoms with Crippen molar-refractivity contribution in [3.63, 3.8) is 0 Å². The first-order valence-electron chi connectivity index (χ1n) is 25.9. The molecule has 4 aromatic carbocycles. The van der Waals surface area contributed by atoms with Crippen molar-refractivity contribution in [1.82, 2.24) is 10.6 Å². The lowest BCUT2D eigenvalue weighted by molar-refractivity contribution is 0.231. The molecule has 5 unspecified atom stereocenters. The van der Waals surface area contributed by atoms with Gasteiger partial charge in [0.1, 0.15) is 0 Å². The van der Waals surface area contributed by atoms with Crippen molar-refractivity contribution in [1.29, 1.82) is 0 Å². The van der Waals surface area contributed by atoms with Crippen LogP contribution in [0, 0.1) is 5.92 Å². The van der Waals surface area contributed by atoms with Gasteiger partial charge in [-0.1, -0.05) is 208 Å². The Morgan fingerprint density at radius 2 is 1.20 bits per heavy atom. The number of allylic oxidation sites excluding steroid dienone is 16. The molecule has 5 atom stereocenters. The van der Waals surface area contributed by atoms with Crippen molar-refractivity contribution in [2.75, 3.05) is 0 Å². The Kier molecular flexibility index (Phi) is 10.1. The maximum atomic E-state index is 4.16. The number of hydrogen-bond donors (Lipinski definition) is 2. The Hall–Kier alpha value is -5.86. The number of rotatable bonds is 6. The van der Waals surface area contributed by atoms with Crippen molar-refractivity contribution >= 4 is 5.70 Å². The second-order valence-corrected chi connectivity index (χ2v) is 21.2. The molecule has 1 heterocycles. The molecule has 2 heteroatoms. The summed E-state index contributed by atoms with van der Waals surface area (Å²) in [5.74, 6) is 1.59. The summed E-state index contributed by atoms with van der Waals surface area (Å²) in [6.45, 7) is 0. The van der Waals surface area contributed by atoms with Crippen LogP contribution in [0.3, 0.4) is 0 Å². The molecule has 0 bridgehead atoms. The minimum Gasteiger partial charge on any atom is -0.374 e. The highest BCUT2D eigenvalue weighted by Gasteiger charge is 2.56. The third kappa shape index (κ3) is 6.48. The van der Waals surface area contributed by atoms with E-state index in [2.05, 4.69) is 175 Å². The standard InChI is InChI=1S/C64H64N2/c1-6-20-44(21-7-1)59-60(45-22-8-2-9-23-45)66-62(61(65-59)46-24-10-3-11-25-46)47-34-32-43(33-35-47)48-26-18-27-49(40-48)50-29-19-31-55-58(50)53-42-56-52(41-57(53)64(55)38-16-5-17-39-64)51-28-12-13-30-54(51)63(56)36-14-4-15-37-63/h1-3,6-13,19-26,29-32,34,40-42,51,55,58-60,65-66H,4-5,14-18,27-28,33,35-39H2. The Morgan fingerprint density at radius 3 is 1.91 bits per heavy atom. The van der Waals surface area contributed by atoms with Crippen molar-refractivity contribution in [3.8, 4) is 0 Å². The van der Waals surface area contributed by atoms with Gasteiger partial charge in [-0.05, 0) is 131 Å². The van der Waals surface area contributed by atoms with Crippen LogP contribution in [0.4, 0.5) is 0 Å². The minimum atomic E-state index is 0.0790. The number of fused-ring (bicyclic) bond motifs is 10. The van der Waals surface area contributed by atoms with E-state index in [4.69, 9.17) is 0 Å². The van der Waals surface area contributed by atoms with Crippen LogP contribution in [0.1, 0.15) is 159 Å². The van der Waals surface area contributed by atoms with E-state index in [1.807, 2.05) is 0 Å². The van der Waals surface area contributed by atoms with Gasteiger partial charge in [0.2, 0.25) is 0 Å². The number of benzene rings is 4. The van der Waals surface area contributed by atoms with E-state index in [-0.39, 0.29) is 22.9 Å². The second kappa shape index (κ2) is 16.5. The molecule has 1 aliphatic heterocycles. The minimum absolute atomic E-state index is 0.0790. The van der Waals surface area contributed by atoms with E-state index >= 15 is 0 Å². The Balaban J connectivity index is 0.858. The maximum Gasteiger partial charge on any atom is 0.0758 e. The third-order valence-corrected chi connectivity index (χ3v) is 18.0. The highest BCUT2D eigenvalue weighted by atomic mass is 15.1. The molecule has 2 nitrogen and oxygen atoms in total. The molecule has 66 heavy (non-hydrogen) atoms. The van der Waals surface area contributed by atoms with Crippen LogP contribution in [-0.2, 0) is 10.8 Å². The fourth-order valence-electron chi connectivity index (χ4n) is 15.0. The summed E-state index contributed by atoms with van der Waals surface area (Å²) in [7, 11) is 0. The van der Waals surface area contributed by atoms with Crippen molar-refractivity contribution in [2.24, 2.45) is 5.92 Å². The van der Waals surface area contributed by atoms with Crippen molar-refractivity contribution < 1.29 is 0 Å². The normalized spacial score (nSPS) is 27.8. The summed E-state index contributed by atoms with van der Waals surface area (Å²) in [4.78, 5) is 0. The van der Waals surface area contributed by atoms with Crippen molar-refractivity contribution in [3.05, 3.63) is 242 Å². The van der Waals surface area contributed by atoms with Gasteiger partial charge >= 0.3 is 0 Å². The molecule has 0 radical (unpaired) electrons. The molecule has 4 aromatic rings. The molecule has 2 saturated carbocycles. The van der Waals surface area contributed by atoms with Gasteiger partial charge in [-0.15, -0.1) is 0 Å². The quantitative estimate of drug-likeness (QED) is 0.202. The zero-order chi connectivity index (χ0) is 43.7. The molecule has 0 saturated heterocycles. The van der Waals surface area contributed by atoms with Gasteiger partial charge < -0.3 is 10.6 Å². The van der Waals surface area contributed by atoms with Crippen LogP contribution < -0.4 is 10.6 Å². The summed E-state index contributed by atoms with van der Waals surface area (Å²) in [6.07, 6.45) is 44.2. The van der Waals surface area contributed by atoms with Crippen LogP contribution in [0.15, 0.2) is 203 Å². The Labute approximate surface area is 393 Å². The third-order valence-electron chi connectivity index (χ3n) is 18.0. The van der Waals surface area contributed by atoms with Gasteiger partial charge in [-0.3, -0.25) is 0 Å². The predicted octanol–water partition coefficient (Wildman–Crippen LogP) is 15.6. The summed E-state index contributed by atoms with van der Waals surface area (Å²) in [6, 6.07) is 38.8. The van der Waals surface area contributed by atoms with E-state index < -0.39 is 0 Å². The molecule has 2 spiro atoms. The summed E-state index contributed by atoms with van der Waals surface area (Å²) in [5, 5.41) is 8.26. The molecular formula is C64H64N2. The lowest BCUT2D eigenvalue weighted by Gasteiger charge is -2.42. The Morgan fingerprint density at radius 1 is 0.545 bits per heavy atom. The summed E-state index contributed by atoms with van der Waals surface area (Å²) in [5.41, 5.74) is 22.9. The van der Waals surface area contributed by atoms with Crippen LogP contribution in [0.25, 0.3) is 5.70 Å². The van der Waals surface area contributed by atoms with Crippen LogP contribution >= 0.6 is 0 Å². The lowest BCUT2D eigenvalue weighted by atomic mass is 9.62. The molecule has 2 fully saturated rings. The van der Waals surface area contributed by atoms with E-state index in [0.29, 0.717) is 17.8 Å². The average Bonchev–Trinajstić information content (AvgIpc) is 3.81. The first-order valence-corrected chi connectivity index (χ1v) is 25.9. The first-order chi connectivity index (χ1) is 32.7. The van der Waals surface area contributed by atoms with Gasteiger partial charge in [0.25, 0.3) is 0 Å². The van der Waals surface area contributed by atoms with Gasteiger partial charge in [-0.25, -0.2) is 0 Å². The molecule has 0 amide bonds. The van der Waals surface area contributed by atoms with Gasteiger partial charge in [-0.2, -0.15) is 0 Å². The van der Waals surface area contributed by atoms with Crippen LogP contribution in [0.5, 0.6) is 0 Å². The number of hydrogen-bond acceptors (Lipinski definition) is 2. The lowest BCUT2D eigenvalue weighted by Crippen LogP contribution is -2.41. The molecule has 0 aromatic heterocycles. The second-order valence-electron chi connectivity index (χ2n) is 21.2. The zero-order valence-electron chi connectivity index (χ0n) is 38.6. The molecule has 330 valence electrons. The smallest absolute Gasteiger partial charge is 0.0758 e. The largest absolute Gasteiger partial charge is 0.374 e. The summed E-state index contributed by atoms with van der Waals surface area (Å²) >= 11 is 0. The van der Waals surface area contributed by atoms with Gasteiger partial charge in [0, 0.05) is 22.7 Å². The highest BCUT2D eigenvalue weighted by Crippen LogP contribution is 2.66. The van der Waals surface area contributed by atoms with E-state index in [1.54, 1.807) is 39.0 Å². The van der Waals surface area contributed by atoms with Gasteiger partial charge in [0.15, 0.2) is 0 Å². The van der Waals surface area contributed by atoms with Crippen LogP contribution in [-0.4, -0.2) is 0 Å². The number of nitrogens with one attached hydrogen (secondary N) is 2. The molecule has 8 aliphatic carbocycles. The molecule has 13 rings (SSSR count). The van der Waals surface area contributed by atoms with E-state index in [1.165, 1.54) is 115 Å². The van der Waals surface area contributed by atoms with E-state index in [0.717, 1.165) is 25.7 Å². The molecule has 2 N–H and O–H groups in total. The van der Waals surface area contributed by atoms with Crippen LogP contribution in [0.2, 0.25) is 0 Å².